The van der Waals surface area contributed by atoms with Crippen LogP contribution >= 0.6 is 0 Å². The number of imidazole rings is 1. The van der Waals surface area contributed by atoms with Gasteiger partial charge in [0.25, 0.3) is 0 Å². The number of piperidine rings is 1. The second-order valence-electron chi connectivity index (χ2n) is 8.14. The normalized spacial score (nSPS) is 24.1. The summed E-state index contributed by atoms with van der Waals surface area (Å²) in [4.78, 5) is 24.3. The molecule has 0 bridgehead atoms. The summed E-state index contributed by atoms with van der Waals surface area (Å²) in [5.74, 6) is 1.19. The minimum absolute atomic E-state index is 0.0358. The van der Waals surface area contributed by atoms with Gasteiger partial charge < -0.3 is 14.4 Å². The summed E-state index contributed by atoms with van der Waals surface area (Å²) in [6, 6.07) is 0.0358. The number of amides is 1. The van der Waals surface area contributed by atoms with E-state index in [4.69, 9.17) is 0 Å². The van der Waals surface area contributed by atoms with Crippen LogP contribution < -0.4 is 0 Å². The largest absolute Gasteiger partial charge is 0.337 e. The number of nitrogens with zero attached hydrogens (tertiary/aromatic N) is 5. The second kappa shape index (κ2) is 7.46. The molecule has 140 valence electrons. The summed E-state index contributed by atoms with van der Waals surface area (Å²) in [5, 5.41) is 0. The molecule has 1 aromatic rings. The van der Waals surface area contributed by atoms with E-state index in [0.717, 1.165) is 44.8 Å². The third-order valence-corrected chi connectivity index (χ3v) is 6.13. The number of carbonyl (C=O) groups is 1. The molecule has 0 saturated carbocycles. The third-order valence-electron chi connectivity index (χ3n) is 6.13. The molecule has 0 aliphatic carbocycles. The maximum Gasteiger partial charge on any atom is 0.240 e. The van der Waals surface area contributed by atoms with Gasteiger partial charge in [-0.05, 0) is 57.8 Å². The highest BCUT2D eigenvalue weighted by molar-refractivity contribution is 5.82. The molecule has 1 amide bonds. The van der Waals surface area contributed by atoms with E-state index >= 15 is 0 Å². The number of hydrogen-bond donors (Lipinski definition) is 0. The van der Waals surface area contributed by atoms with Gasteiger partial charge in [-0.15, -0.1) is 0 Å². The molecule has 6 heteroatoms. The molecule has 3 rings (SSSR count). The molecule has 1 spiro atoms. The smallest absolute Gasteiger partial charge is 0.240 e. The average Bonchev–Trinajstić information content (AvgIpc) is 3.15. The summed E-state index contributed by atoms with van der Waals surface area (Å²) in [5.41, 5.74) is 0.339. The van der Waals surface area contributed by atoms with Crippen molar-refractivity contribution in [2.24, 2.45) is 12.5 Å². The van der Waals surface area contributed by atoms with Crippen LogP contribution in [0.2, 0.25) is 0 Å². The number of likely N-dealkylation sites (tertiary alicyclic amines) is 2. The fourth-order valence-electron chi connectivity index (χ4n) is 4.46. The van der Waals surface area contributed by atoms with Crippen molar-refractivity contribution < 1.29 is 4.79 Å². The van der Waals surface area contributed by atoms with Crippen LogP contribution in [0, 0.1) is 5.41 Å². The Balaban J connectivity index is 1.69. The van der Waals surface area contributed by atoms with Crippen molar-refractivity contribution in [3.63, 3.8) is 0 Å². The lowest BCUT2D eigenvalue weighted by atomic mass is 9.76. The van der Waals surface area contributed by atoms with Gasteiger partial charge in [-0.25, -0.2) is 4.98 Å². The van der Waals surface area contributed by atoms with E-state index in [0.29, 0.717) is 12.0 Å². The first-order chi connectivity index (χ1) is 11.9. The molecule has 6 nitrogen and oxygen atoms in total. The first-order valence-electron chi connectivity index (χ1n) is 9.58. The predicted molar refractivity (Wildman–Crippen MR) is 99.1 cm³/mol. The quantitative estimate of drug-likeness (QED) is 0.811. The predicted octanol–water partition coefficient (Wildman–Crippen LogP) is 1.57. The summed E-state index contributed by atoms with van der Waals surface area (Å²) < 4.78 is 1.99. The Labute approximate surface area is 151 Å². The molecule has 2 fully saturated rings. The van der Waals surface area contributed by atoms with Crippen molar-refractivity contribution in [2.75, 3.05) is 40.3 Å². The highest BCUT2D eigenvalue weighted by Crippen LogP contribution is 2.43. The Bertz CT molecular complexity index is 590. The minimum Gasteiger partial charge on any atom is -0.337 e. The van der Waals surface area contributed by atoms with Gasteiger partial charge in [0, 0.05) is 33.0 Å². The molecule has 0 N–H and O–H groups in total. The summed E-state index contributed by atoms with van der Waals surface area (Å²) in [6.07, 6.45) is 8.28. The van der Waals surface area contributed by atoms with Crippen molar-refractivity contribution >= 4 is 5.91 Å². The van der Waals surface area contributed by atoms with E-state index < -0.39 is 0 Å². The van der Waals surface area contributed by atoms with Crippen LogP contribution in [0.4, 0.5) is 0 Å². The molecule has 2 saturated heterocycles. The zero-order valence-corrected chi connectivity index (χ0v) is 16.2. The van der Waals surface area contributed by atoms with Crippen LogP contribution in [0.3, 0.4) is 0 Å². The van der Waals surface area contributed by atoms with Crippen molar-refractivity contribution in [1.29, 1.82) is 0 Å². The molecular weight excluding hydrogens is 314 g/mol. The lowest BCUT2D eigenvalue weighted by molar-refractivity contribution is -0.135. The van der Waals surface area contributed by atoms with Gasteiger partial charge in [-0.3, -0.25) is 9.69 Å². The Hall–Kier alpha value is -1.40. The maximum atomic E-state index is 13.2. The molecule has 2 aliphatic rings. The van der Waals surface area contributed by atoms with Crippen LogP contribution in [0.1, 0.15) is 38.4 Å². The highest BCUT2D eigenvalue weighted by atomic mass is 16.2. The van der Waals surface area contributed by atoms with Crippen LogP contribution in [0.15, 0.2) is 12.4 Å². The summed E-state index contributed by atoms with van der Waals surface area (Å²) in [6.45, 7) is 7.20. The minimum atomic E-state index is 0.0358. The van der Waals surface area contributed by atoms with Crippen molar-refractivity contribution in [3.8, 4) is 0 Å². The van der Waals surface area contributed by atoms with Crippen LogP contribution in [-0.2, 0) is 18.4 Å². The van der Waals surface area contributed by atoms with E-state index in [9.17, 15) is 4.79 Å². The van der Waals surface area contributed by atoms with Gasteiger partial charge in [0.2, 0.25) is 5.91 Å². The van der Waals surface area contributed by atoms with Gasteiger partial charge in [0.05, 0.1) is 12.6 Å². The van der Waals surface area contributed by atoms with Gasteiger partial charge in [0.1, 0.15) is 5.82 Å². The first-order valence-corrected chi connectivity index (χ1v) is 9.58. The SMILES string of the molecule is CCCN1CC2(CCN(C)CC2)C[C@@H]1C(=O)N(C)Cc1nccn1C. The Morgan fingerprint density at radius 3 is 2.68 bits per heavy atom. The van der Waals surface area contributed by atoms with E-state index in [1.54, 1.807) is 6.20 Å². The van der Waals surface area contributed by atoms with E-state index in [-0.39, 0.29) is 11.9 Å². The Morgan fingerprint density at radius 2 is 2.08 bits per heavy atom. The molecule has 0 aromatic carbocycles. The van der Waals surface area contributed by atoms with Gasteiger partial charge in [0.15, 0.2) is 0 Å². The zero-order chi connectivity index (χ0) is 18.0. The van der Waals surface area contributed by atoms with Crippen molar-refractivity contribution in [2.45, 2.75) is 45.2 Å². The van der Waals surface area contributed by atoms with E-state index in [2.05, 4.69) is 28.8 Å². The topological polar surface area (TPSA) is 44.6 Å². The highest BCUT2D eigenvalue weighted by Gasteiger charge is 2.47. The van der Waals surface area contributed by atoms with E-state index in [1.807, 2.05) is 29.8 Å². The molecule has 0 radical (unpaired) electrons. The standard InChI is InChI=1S/C19H33N5O/c1-5-9-24-15-19(6-10-21(2)11-7-19)13-16(24)18(25)23(4)14-17-20-8-12-22(17)3/h8,12,16H,5-7,9-11,13-15H2,1-4H3/t16-/m1/s1. The number of hydrogen-bond acceptors (Lipinski definition) is 4. The molecule has 3 heterocycles. The molecular formula is C19H33N5O. The number of carbonyl (C=O) groups excluding carboxylic acids is 1. The number of aromatic nitrogens is 2. The maximum absolute atomic E-state index is 13.2. The lowest BCUT2D eigenvalue weighted by Crippen LogP contribution is -2.44. The van der Waals surface area contributed by atoms with Crippen LogP contribution in [0.25, 0.3) is 0 Å². The fourth-order valence-corrected chi connectivity index (χ4v) is 4.46. The third kappa shape index (κ3) is 3.90. The number of likely N-dealkylation sites (N-methyl/N-ethyl adjacent to an activating group) is 1. The average molecular weight is 348 g/mol. The summed E-state index contributed by atoms with van der Waals surface area (Å²) >= 11 is 0. The first kappa shape index (κ1) is 18.4. The summed E-state index contributed by atoms with van der Waals surface area (Å²) in [7, 11) is 6.10. The van der Waals surface area contributed by atoms with Crippen molar-refractivity contribution in [1.82, 2.24) is 24.3 Å². The molecule has 1 aromatic heterocycles. The molecule has 25 heavy (non-hydrogen) atoms. The fraction of sp³-hybridized carbons (Fsp3) is 0.789. The van der Waals surface area contributed by atoms with Gasteiger partial charge >= 0.3 is 0 Å². The lowest BCUT2D eigenvalue weighted by Gasteiger charge is -2.37. The van der Waals surface area contributed by atoms with Crippen LogP contribution in [-0.4, -0.2) is 76.5 Å². The van der Waals surface area contributed by atoms with Crippen molar-refractivity contribution in [3.05, 3.63) is 18.2 Å². The number of aryl methyl sites for hydroxylation is 1. The van der Waals surface area contributed by atoms with E-state index in [1.165, 1.54) is 12.8 Å². The van der Waals surface area contributed by atoms with Crippen LogP contribution in [0.5, 0.6) is 0 Å². The Kier molecular flexibility index (Phi) is 5.49. The zero-order valence-electron chi connectivity index (χ0n) is 16.2. The Morgan fingerprint density at radius 1 is 1.36 bits per heavy atom. The van der Waals surface area contributed by atoms with Gasteiger partial charge in [-0.1, -0.05) is 6.92 Å². The molecule has 2 aliphatic heterocycles. The van der Waals surface area contributed by atoms with Gasteiger partial charge in [-0.2, -0.15) is 0 Å². The number of rotatable bonds is 5. The molecule has 0 unspecified atom stereocenters. The second-order valence-corrected chi connectivity index (χ2v) is 8.14. The molecule has 1 atom stereocenters. The monoisotopic (exact) mass is 347 g/mol.